The molecule has 1 fully saturated rings. The maximum Gasteiger partial charge on any atom is 0.225 e. The fraction of sp³-hybridized carbons (Fsp3) is 0.421. The van der Waals surface area contributed by atoms with Crippen LogP contribution in [0.2, 0.25) is 0 Å². The number of nitrogens with one attached hydrogen (secondary N) is 1. The van der Waals surface area contributed by atoms with Gasteiger partial charge in [0.25, 0.3) is 0 Å². The first-order chi connectivity index (χ1) is 12.3. The fourth-order valence-corrected chi connectivity index (χ4v) is 3.64. The number of anilines is 1. The van der Waals surface area contributed by atoms with Crippen molar-refractivity contribution in [1.29, 1.82) is 0 Å². The van der Waals surface area contributed by atoms with Crippen LogP contribution in [0.25, 0.3) is 0 Å². The molecule has 1 N–H and O–H groups in total. The summed E-state index contributed by atoms with van der Waals surface area (Å²) in [6.07, 6.45) is 7.82. The highest BCUT2D eigenvalue weighted by Gasteiger charge is 2.30. The lowest BCUT2D eigenvalue weighted by Gasteiger charge is -2.34. The SMILES string of the molecule is O=C(N[C@@H]1CCOc2ccccc21)[C@@H]1CCCN(c2cnccn2)C1. The molecule has 2 aliphatic heterocycles. The predicted molar refractivity (Wildman–Crippen MR) is 94.4 cm³/mol. The molecule has 1 saturated heterocycles. The standard InChI is InChI=1S/C19H22N4O2/c24-19(22-16-7-11-25-17-6-2-1-5-15(16)17)14-4-3-10-23(13-14)18-12-20-8-9-21-18/h1-2,5-6,8-9,12,14,16H,3-4,7,10-11,13H2,(H,22,24)/t14-,16-/m1/s1. The molecule has 6 heteroatoms. The normalized spacial score (nSPS) is 22.6. The second-order valence-electron chi connectivity index (χ2n) is 6.58. The summed E-state index contributed by atoms with van der Waals surface area (Å²) in [4.78, 5) is 23.5. The van der Waals surface area contributed by atoms with Crippen molar-refractivity contribution < 1.29 is 9.53 Å². The Morgan fingerprint density at radius 3 is 3.04 bits per heavy atom. The van der Waals surface area contributed by atoms with E-state index in [2.05, 4.69) is 20.2 Å². The number of aromatic nitrogens is 2. The van der Waals surface area contributed by atoms with E-state index >= 15 is 0 Å². The molecule has 0 radical (unpaired) electrons. The molecule has 25 heavy (non-hydrogen) atoms. The van der Waals surface area contributed by atoms with E-state index in [1.54, 1.807) is 18.6 Å². The molecule has 3 heterocycles. The van der Waals surface area contributed by atoms with Crippen LogP contribution in [0.15, 0.2) is 42.9 Å². The number of rotatable bonds is 3. The Bertz CT molecular complexity index is 737. The van der Waals surface area contributed by atoms with Gasteiger partial charge in [-0.2, -0.15) is 0 Å². The largest absolute Gasteiger partial charge is 0.493 e. The smallest absolute Gasteiger partial charge is 0.225 e. The molecule has 1 aromatic carbocycles. The summed E-state index contributed by atoms with van der Waals surface area (Å²) in [6.45, 7) is 2.25. The van der Waals surface area contributed by atoms with Gasteiger partial charge in [0.15, 0.2) is 0 Å². The van der Waals surface area contributed by atoms with E-state index in [1.165, 1.54) is 0 Å². The third-order valence-corrected chi connectivity index (χ3v) is 4.94. The molecule has 130 valence electrons. The summed E-state index contributed by atoms with van der Waals surface area (Å²) in [7, 11) is 0. The zero-order chi connectivity index (χ0) is 17.1. The van der Waals surface area contributed by atoms with Crippen LogP contribution in [-0.4, -0.2) is 35.6 Å². The van der Waals surface area contributed by atoms with Gasteiger partial charge >= 0.3 is 0 Å². The molecule has 0 unspecified atom stereocenters. The van der Waals surface area contributed by atoms with Gasteiger partial charge in [-0.3, -0.25) is 9.78 Å². The number of para-hydroxylation sites is 1. The molecule has 0 bridgehead atoms. The van der Waals surface area contributed by atoms with Gasteiger partial charge in [0.1, 0.15) is 11.6 Å². The number of carbonyl (C=O) groups is 1. The monoisotopic (exact) mass is 338 g/mol. The summed E-state index contributed by atoms with van der Waals surface area (Å²) in [5, 5.41) is 3.24. The van der Waals surface area contributed by atoms with Crippen LogP contribution in [0.4, 0.5) is 5.82 Å². The molecule has 0 aliphatic carbocycles. The summed E-state index contributed by atoms with van der Waals surface area (Å²) in [5.41, 5.74) is 1.07. The van der Waals surface area contributed by atoms with E-state index < -0.39 is 0 Å². The molecular weight excluding hydrogens is 316 g/mol. The number of ether oxygens (including phenoxy) is 1. The summed E-state index contributed by atoms with van der Waals surface area (Å²) < 4.78 is 5.68. The maximum absolute atomic E-state index is 12.8. The van der Waals surface area contributed by atoms with Crippen molar-refractivity contribution in [2.24, 2.45) is 5.92 Å². The summed E-state index contributed by atoms with van der Waals surface area (Å²) >= 11 is 0. The number of carbonyl (C=O) groups excluding carboxylic acids is 1. The van der Waals surface area contributed by atoms with Crippen molar-refractivity contribution in [1.82, 2.24) is 15.3 Å². The van der Waals surface area contributed by atoms with Crippen molar-refractivity contribution in [3.8, 4) is 5.75 Å². The van der Waals surface area contributed by atoms with Gasteiger partial charge in [-0.15, -0.1) is 0 Å². The van der Waals surface area contributed by atoms with E-state index in [-0.39, 0.29) is 17.9 Å². The molecular formula is C19H22N4O2. The molecule has 4 rings (SSSR count). The Balaban J connectivity index is 1.43. The van der Waals surface area contributed by atoms with Crippen LogP contribution in [-0.2, 0) is 4.79 Å². The zero-order valence-electron chi connectivity index (χ0n) is 14.1. The average molecular weight is 338 g/mol. The lowest BCUT2D eigenvalue weighted by Crippen LogP contribution is -2.44. The number of hydrogen-bond acceptors (Lipinski definition) is 5. The van der Waals surface area contributed by atoms with E-state index in [0.717, 1.165) is 42.9 Å². The van der Waals surface area contributed by atoms with Crippen LogP contribution in [0.1, 0.15) is 30.9 Å². The topological polar surface area (TPSA) is 67.3 Å². The first-order valence-electron chi connectivity index (χ1n) is 8.84. The van der Waals surface area contributed by atoms with E-state index in [0.29, 0.717) is 13.2 Å². The van der Waals surface area contributed by atoms with Crippen LogP contribution in [0.5, 0.6) is 5.75 Å². The van der Waals surface area contributed by atoms with Crippen molar-refractivity contribution in [2.45, 2.75) is 25.3 Å². The lowest BCUT2D eigenvalue weighted by molar-refractivity contribution is -0.126. The molecule has 2 aromatic rings. The van der Waals surface area contributed by atoms with Gasteiger partial charge in [-0.05, 0) is 18.9 Å². The quantitative estimate of drug-likeness (QED) is 0.930. The van der Waals surface area contributed by atoms with Crippen LogP contribution < -0.4 is 15.0 Å². The predicted octanol–water partition coefficient (Wildman–Crippen LogP) is 2.33. The highest BCUT2D eigenvalue weighted by Crippen LogP contribution is 2.32. The lowest BCUT2D eigenvalue weighted by atomic mass is 9.95. The highest BCUT2D eigenvalue weighted by molar-refractivity contribution is 5.80. The van der Waals surface area contributed by atoms with Crippen molar-refractivity contribution >= 4 is 11.7 Å². The Morgan fingerprint density at radius 1 is 1.24 bits per heavy atom. The molecule has 1 amide bonds. The number of amides is 1. The van der Waals surface area contributed by atoms with Gasteiger partial charge in [0.05, 0.1) is 24.8 Å². The molecule has 0 spiro atoms. The third-order valence-electron chi connectivity index (χ3n) is 4.94. The second-order valence-corrected chi connectivity index (χ2v) is 6.58. The Morgan fingerprint density at radius 2 is 2.16 bits per heavy atom. The number of fused-ring (bicyclic) bond motifs is 1. The molecule has 2 aliphatic rings. The maximum atomic E-state index is 12.8. The summed E-state index contributed by atoms with van der Waals surface area (Å²) in [6, 6.07) is 7.98. The van der Waals surface area contributed by atoms with E-state index in [4.69, 9.17) is 4.74 Å². The van der Waals surface area contributed by atoms with Gasteiger partial charge in [-0.1, -0.05) is 18.2 Å². The van der Waals surface area contributed by atoms with Gasteiger partial charge in [-0.25, -0.2) is 4.98 Å². The minimum Gasteiger partial charge on any atom is -0.493 e. The number of hydrogen-bond donors (Lipinski definition) is 1. The zero-order valence-corrected chi connectivity index (χ0v) is 14.1. The highest BCUT2D eigenvalue weighted by atomic mass is 16.5. The molecule has 2 atom stereocenters. The Hall–Kier alpha value is -2.63. The van der Waals surface area contributed by atoms with Crippen molar-refractivity contribution in [3.05, 3.63) is 48.4 Å². The first-order valence-corrected chi connectivity index (χ1v) is 8.84. The van der Waals surface area contributed by atoms with Crippen molar-refractivity contribution in [3.63, 3.8) is 0 Å². The minimum atomic E-state index is -0.0224. The molecule has 0 saturated carbocycles. The Labute approximate surface area is 147 Å². The van der Waals surface area contributed by atoms with Crippen LogP contribution in [0.3, 0.4) is 0 Å². The number of benzene rings is 1. The third kappa shape index (κ3) is 3.43. The fourth-order valence-electron chi connectivity index (χ4n) is 3.64. The van der Waals surface area contributed by atoms with Crippen molar-refractivity contribution in [2.75, 3.05) is 24.6 Å². The van der Waals surface area contributed by atoms with E-state index in [1.807, 2.05) is 24.3 Å². The number of piperidine rings is 1. The van der Waals surface area contributed by atoms with Gasteiger partial charge in [0.2, 0.25) is 5.91 Å². The second kappa shape index (κ2) is 7.09. The average Bonchev–Trinajstić information content (AvgIpc) is 2.69. The van der Waals surface area contributed by atoms with Crippen LogP contribution in [0, 0.1) is 5.92 Å². The first kappa shape index (κ1) is 15.9. The molecule has 1 aromatic heterocycles. The number of nitrogens with zero attached hydrogens (tertiary/aromatic N) is 3. The van der Waals surface area contributed by atoms with Gasteiger partial charge < -0.3 is 15.0 Å². The van der Waals surface area contributed by atoms with E-state index in [9.17, 15) is 4.79 Å². The van der Waals surface area contributed by atoms with Gasteiger partial charge in [0, 0.05) is 37.5 Å². The minimum absolute atomic E-state index is 0.0224. The molecule has 6 nitrogen and oxygen atoms in total. The summed E-state index contributed by atoms with van der Waals surface area (Å²) in [5.74, 6) is 1.82. The van der Waals surface area contributed by atoms with Crippen LogP contribution >= 0.6 is 0 Å². The Kier molecular flexibility index (Phi) is 4.50.